The van der Waals surface area contributed by atoms with E-state index in [0.29, 0.717) is 31.9 Å². The number of benzene rings is 1. The van der Waals surface area contributed by atoms with E-state index in [0.717, 1.165) is 5.56 Å². The fourth-order valence-corrected chi connectivity index (χ4v) is 3.82. The van der Waals surface area contributed by atoms with Crippen LogP contribution in [0, 0.1) is 0 Å². The largest absolute Gasteiger partial charge is 0.339 e. The van der Waals surface area contributed by atoms with E-state index in [9.17, 15) is 13.2 Å². The Hall–Kier alpha value is -1.31. The van der Waals surface area contributed by atoms with Crippen LogP contribution < -0.4 is 0 Å². The zero-order valence-electron chi connectivity index (χ0n) is 12.5. The summed E-state index contributed by atoms with van der Waals surface area (Å²) in [5.41, 5.74) is 0.847. The number of piperazine rings is 1. The van der Waals surface area contributed by atoms with Crippen molar-refractivity contribution in [2.24, 2.45) is 0 Å². The van der Waals surface area contributed by atoms with Gasteiger partial charge < -0.3 is 4.90 Å². The van der Waals surface area contributed by atoms with E-state index in [1.54, 1.807) is 11.0 Å². The molecule has 0 radical (unpaired) electrons. The Morgan fingerprint density at radius 3 is 2.41 bits per heavy atom. The fraction of sp³-hybridized carbons (Fsp3) is 0.400. The summed E-state index contributed by atoms with van der Waals surface area (Å²) in [5, 5.41) is 1.24. The normalized spacial score (nSPS) is 17.0. The quantitative estimate of drug-likeness (QED) is 0.815. The summed E-state index contributed by atoms with van der Waals surface area (Å²) in [6.07, 6.45) is 3.48. The molecular formula is C15H20N2O3S2. The van der Waals surface area contributed by atoms with Crippen molar-refractivity contribution < 1.29 is 13.2 Å². The molecule has 1 fully saturated rings. The molecule has 0 N–H and O–H groups in total. The van der Waals surface area contributed by atoms with Crippen molar-refractivity contribution in [2.45, 2.75) is 0 Å². The molecule has 1 aromatic rings. The molecule has 1 aromatic carbocycles. The van der Waals surface area contributed by atoms with Crippen LogP contribution in [0.15, 0.2) is 35.7 Å². The molecule has 1 saturated heterocycles. The van der Waals surface area contributed by atoms with Gasteiger partial charge in [-0.3, -0.25) is 4.79 Å². The lowest BCUT2D eigenvalue weighted by Gasteiger charge is -2.33. The van der Waals surface area contributed by atoms with Crippen LogP contribution in [0.1, 0.15) is 5.56 Å². The van der Waals surface area contributed by atoms with Gasteiger partial charge in [-0.05, 0) is 17.9 Å². The van der Waals surface area contributed by atoms with Gasteiger partial charge in [-0.15, -0.1) is 0 Å². The molecule has 0 saturated carbocycles. The highest BCUT2D eigenvalue weighted by Gasteiger charge is 2.26. The molecule has 5 nitrogen and oxygen atoms in total. The molecule has 0 aliphatic carbocycles. The molecule has 7 heteroatoms. The maximum absolute atomic E-state index is 12.3. The monoisotopic (exact) mass is 340 g/mol. The standard InChI is InChI=1S/C15H20N2O3S2/c1-21-13-15(18)16-8-10-17(11-9-16)22(19,20)12-7-14-5-3-2-4-6-14/h2-7,12H,8-11,13H2,1H3. The molecule has 22 heavy (non-hydrogen) atoms. The number of hydrogen-bond acceptors (Lipinski definition) is 4. The minimum Gasteiger partial charge on any atom is -0.339 e. The Bertz CT molecular complexity index is 621. The first-order valence-electron chi connectivity index (χ1n) is 7.03. The van der Waals surface area contributed by atoms with E-state index < -0.39 is 10.0 Å². The number of carbonyl (C=O) groups is 1. The smallest absolute Gasteiger partial charge is 0.236 e. The summed E-state index contributed by atoms with van der Waals surface area (Å²) in [7, 11) is -3.43. The van der Waals surface area contributed by atoms with Crippen molar-refractivity contribution in [3.63, 3.8) is 0 Å². The second kappa shape index (κ2) is 7.80. The number of rotatable bonds is 5. The lowest BCUT2D eigenvalue weighted by atomic mass is 10.2. The molecular weight excluding hydrogens is 320 g/mol. The predicted octanol–water partition coefficient (Wildman–Crippen LogP) is 1.49. The zero-order chi connectivity index (χ0) is 16.0. The first-order valence-corrected chi connectivity index (χ1v) is 9.92. The average molecular weight is 340 g/mol. The van der Waals surface area contributed by atoms with E-state index in [1.807, 2.05) is 36.6 Å². The number of hydrogen-bond donors (Lipinski definition) is 0. The van der Waals surface area contributed by atoms with Crippen molar-refractivity contribution >= 4 is 33.8 Å². The summed E-state index contributed by atoms with van der Waals surface area (Å²) < 4.78 is 26.0. The zero-order valence-corrected chi connectivity index (χ0v) is 14.1. The van der Waals surface area contributed by atoms with E-state index in [-0.39, 0.29) is 5.91 Å². The Balaban J connectivity index is 1.95. The summed E-state index contributed by atoms with van der Waals surface area (Å²) in [4.78, 5) is 13.5. The summed E-state index contributed by atoms with van der Waals surface area (Å²) in [6, 6.07) is 9.32. The molecule has 0 unspecified atom stereocenters. The lowest BCUT2D eigenvalue weighted by Crippen LogP contribution is -2.50. The third-order valence-electron chi connectivity index (χ3n) is 3.45. The minimum atomic E-state index is -3.43. The summed E-state index contributed by atoms with van der Waals surface area (Å²) in [5.74, 6) is 0.519. The first-order chi connectivity index (χ1) is 10.5. The van der Waals surface area contributed by atoms with Crippen molar-refractivity contribution in [3.8, 4) is 0 Å². The van der Waals surface area contributed by atoms with Crippen molar-refractivity contribution in [1.82, 2.24) is 9.21 Å². The highest BCUT2D eigenvalue weighted by atomic mass is 32.2. The highest BCUT2D eigenvalue weighted by molar-refractivity contribution is 7.99. The Morgan fingerprint density at radius 2 is 1.82 bits per heavy atom. The van der Waals surface area contributed by atoms with Gasteiger partial charge in [0, 0.05) is 31.6 Å². The number of nitrogens with zero attached hydrogens (tertiary/aromatic N) is 2. The molecule has 1 aliphatic heterocycles. The van der Waals surface area contributed by atoms with Crippen LogP contribution in [0.2, 0.25) is 0 Å². The molecule has 1 heterocycles. The maximum atomic E-state index is 12.3. The number of amides is 1. The van der Waals surface area contributed by atoms with Gasteiger partial charge in [0.15, 0.2) is 0 Å². The molecule has 0 aromatic heterocycles. The molecule has 1 aliphatic rings. The van der Waals surface area contributed by atoms with Crippen LogP contribution in [0.5, 0.6) is 0 Å². The third kappa shape index (κ3) is 4.59. The van der Waals surface area contributed by atoms with Crippen LogP contribution in [0.3, 0.4) is 0 Å². The van der Waals surface area contributed by atoms with Crippen LogP contribution in [0.25, 0.3) is 6.08 Å². The first kappa shape index (κ1) is 17.1. The van der Waals surface area contributed by atoms with Crippen LogP contribution in [-0.4, -0.2) is 61.7 Å². The third-order valence-corrected chi connectivity index (χ3v) is 5.55. The van der Waals surface area contributed by atoms with Crippen molar-refractivity contribution in [3.05, 3.63) is 41.3 Å². The van der Waals surface area contributed by atoms with Gasteiger partial charge in [-0.2, -0.15) is 16.1 Å². The molecule has 1 amide bonds. The van der Waals surface area contributed by atoms with E-state index in [4.69, 9.17) is 0 Å². The van der Waals surface area contributed by atoms with Crippen LogP contribution >= 0.6 is 11.8 Å². The molecule has 2 rings (SSSR count). The Morgan fingerprint density at radius 1 is 1.18 bits per heavy atom. The van der Waals surface area contributed by atoms with Crippen LogP contribution in [-0.2, 0) is 14.8 Å². The second-order valence-electron chi connectivity index (χ2n) is 4.97. The Labute approximate surface area is 136 Å². The highest BCUT2D eigenvalue weighted by Crippen LogP contribution is 2.12. The van der Waals surface area contributed by atoms with Gasteiger partial charge in [0.1, 0.15) is 0 Å². The predicted molar refractivity (Wildman–Crippen MR) is 90.9 cm³/mol. The topological polar surface area (TPSA) is 57.7 Å². The van der Waals surface area contributed by atoms with E-state index in [1.165, 1.54) is 21.5 Å². The van der Waals surface area contributed by atoms with Gasteiger partial charge in [0.25, 0.3) is 0 Å². The van der Waals surface area contributed by atoms with Crippen molar-refractivity contribution in [1.29, 1.82) is 0 Å². The van der Waals surface area contributed by atoms with Gasteiger partial charge >= 0.3 is 0 Å². The molecule has 120 valence electrons. The van der Waals surface area contributed by atoms with E-state index in [2.05, 4.69) is 0 Å². The molecule has 0 bridgehead atoms. The number of thioether (sulfide) groups is 1. The summed E-state index contributed by atoms with van der Waals surface area (Å²) >= 11 is 1.48. The van der Waals surface area contributed by atoms with Gasteiger partial charge in [-0.25, -0.2) is 8.42 Å². The van der Waals surface area contributed by atoms with E-state index >= 15 is 0 Å². The number of sulfonamides is 1. The molecule has 0 atom stereocenters. The molecule has 0 spiro atoms. The number of carbonyl (C=O) groups excluding carboxylic acids is 1. The summed E-state index contributed by atoms with van der Waals surface area (Å²) in [6.45, 7) is 1.61. The lowest BCUT2D eigenvalue weighted by molar-refractivity contribution is -0.129. The van der Waals surface area contributed by atoms with Crippen molar-refractivity contribution in [2.75, 3.05) is 38.2 Å². The van der Waals surface area contributed by atoms with Crippen LogP contribution in [0.4, 0.5) is 0 Å². The van der Waals surface area contributed by atoms with Gasteiger partial charge in [0.05, 0.1) is 5.75 Å². The van der Waals surface area contributed by atoms with Gasteiger partial charge in [-0.1, -0.05) is 30.3 Å². The second-order valence-corrected chi connectivity index (χ2v) is 7.66. The minimum absolute atomic E-state index is 0.0735. The SMILES string of the molecule is CSCC(=O)N1CCN(S(=O)(=O)C=Cc2ccccc2)CC1. The Kier molecular flexibility index (Phi) is 6.05. The maximum Gasteiger partial charge on any atom is 0.236 e. The average Bonchev–Trinajstić information content (AvgIpc) is 2.54. The fourth-order valence-electron chi connectivity index (χ4n) is 2.22. The van der Waals surface area contributed by atoms with Gasteiger partial charge in [0.2, 0.25) is 15.9 Å².